The fourth-order valence-corrected chi connectivity index (χ4v) is 2.32. The van der Waals surface area contributed by atoms with Crippen LogP contribution in [0.3, 0.4) is 0 Å². The van der Waals surface area contributed by atoms with Crippen molar-refractivity contribution in [1.82, 2.24) is 5.32 Å². The summed E-state index contributed by atoms with van der Waals surface area (Å²) in [6.07, 6.45) is 2.56. The number of aliphatic carboxylic acids is 1. The summed E-state index contributed by atoms with van der Waals surface area (Å²) in [4.78, 5) is 11.3. The summed E-state index contributed by atoms with van der Waals surface area (Å²) in [5.74, 6) is 0.634. The molecule has 0 aromatic rings. The van der Waals surface area contributed by atoms with Crippen LogP contribution < -0.4 is 5.32 Å². The van der Waals surface area contributed by atoms with Gasteiger partial charge in [-0.3, -0.25) is 4.79 Å². The highest BCUT2D eigenvalue weighted by Gasteiger charge is 2.34. The van der Waals surface area contributed by atoms with Crippen molar-refractivity contribution in [2.75, 3.05) is 13.1 Å². The second kappa shape index (κ2) is 7.70. The summed E-state index contributed by atoms with van der Waals surface area (Å²) in [6, 6.07) is 0. The summed E-state index contributed by atoms with van der Waals surface area (Å²) in [7, 11) is 0. The van der Waals surface area contributed by atoms with E-state index in [2.05, 4.69) is 26.1 Å². The quantitative estimate of drug-likeness (QED) is 0.654. The summed E-state index contributed by atoms with van der Waals surface area (Å²) in [5.41, 5.74) is -0.586. The van der Waals surface area contributed by atoms with Gasteiger partial charge in [0, 0.05) is 6.54 Å². The van der Waals surface area contributed by atoms with E-state index in [0.717, 1.165) is 6.54 Å². The molecule has 3 heteroatoms. The van der Waals surface area contributed by atoms with Gasteiger partial charge in [-0.05, 0) is 37.6 Å². The van der Waals surface area contributed by atoms with Crippen LogP contribution in [0.25, 0.3) is 0 Å². The van der Waals surface area contributed by atoms with Gasteiger partial charge in [-0.25, -0.2) is 0 Å². The van der Waals surface area contributed by atoms with Gasteiger partial charge in [0.2, 0.25) is 0 Å². The maximum absolute atomic E-state index is 11.3. The first-order valence-corrected chi connectivity index (χ1v) is 6.82. The molecule has 3 nitrogen and oxygen atoms in total. The van der Waals surface area contributed by atoms with Crippen LogP contribution in [0.5, 0.6) is 0 Å². The fraction of sp³-hybridized carbons (Fsp3) is 0.929. The average Bonchev–Trinajstić information content (AvgIpc) is 2.23. The van der Waals surface area contributed by atoms with Gasteiger partial charge in [-0.2, -0.15) is 0 Å². The Morgan fingerprint density at radius 1 is 1.24 bits per heavy atom. The lowest BCUT2D eigenvalue weighted by Gasteiger charge is -2.28. The minimum absolute atomic E-state index is 0.581. The van der Waals surface area contributed by atoms with E-state index in [-0.39, 0.29) is 0 Å². The van der Waals surface area contributed by atoms with Crippen molar-refractivity contribution in [1.29, 1.82) is 0 Å². The molecule has 0 aromatic heterocycles. The van der Waals surface area contributed by atoms with Gasteiger partial charge in [-0.1, -0.05) is 34.6 Å². The van der Waals surface area contributed by atoms with Crippen molar-refractivity contribution in [2.45, 2.75) is 53.9 Å². The SMILES string of the molecule is CCC(CC)(CNCC(C)CC(C)C)C(=O)O. The zero-order valence-electron chi connectivity index (χ0n) is 12.0. The van der Waals surface area contributed by atoms with Crippen molar-refractivity contribution >= 4 is 5.97 Å². The normalized spacial score (nSPS) is 14.0. The smallest absolute Gasteiger partial charge is 0.310 e. The Kier molecular flexibility index (Phi) is 7.44. The number of carboxylic acids is 1. The van der Waals surface area contributed by atoms with Gasteiger partial charge in [0.05, 0.1) is 5.41 Å². The van der Waals surface area contributed by atoms with Gasteiger partial charge in [-0.15, -0.1) is 0 Å². The third kappa shape index (κ3) is 5.53. The molecule has 0 aliphatic rings. The molecule has 0 rings (SSSR count). The highest BCUT2D eigenvalue weighted by molar-refractivity contribution is 5.74. The topological polar surface area (TPSA) is 49.3 Å². The van der Waals surface area contributed by atoms with Crippen LogP contribution in [0.2, 0.25) is 0 Å². The van der Waals surface area contributed by atoms with E-state index in [1.807, 2.05) is 13.8 Å². The van der Waals surface area contributed by atoms with Crippen LogP contribution in [0.1, 0.15) is 53.9 Å². The molecule has 0 heterocycles. The molecule has 0 aliphatic carbocycles. The van der Waals surface area contributed by atoms with Crippen LogP contribution >= 0.6 is 0 Å². The van der Waals surface area contributed by atoms with E-state index in [9.17, 15) is 9.90 Å². The molecule has 0 bridgehead atoms. The summed E-state index contributed by atoms with van der Waals surface area (Å²) < 4.78 is 0. The van der Waals surface area contributed by atoms with E-state index in [4.69, 9.17) is 0 Å². The van der Waals surface area contributed by atoms with Crippen molar-refractivity contribution in [3.63, 3.8) is 0 Å². The van der Waals surface area contributed by atoms with Crippen LogP contribution in [-0.2, 0) is 4.79 Å². The average molecular weight is 243 g/mol. The Hall–Kier alpha value is -0.570. The largest absolute Gasteiger partial charge is 0.481 e. The second-order valence-corrected chi connectivity index (χ2v) is 5.66. The summed E-state index contributed by atoms with van der Waals surface area (Å²) in [5, 5.41) is 12.6. The molecule has 0 radical (unpaired) electrons. The van der Waals surface area contributed by atoms with E-state index in [1.54, 1.807) is 0 Å². The maximum Gasteiger partial charge on any atom is 0.310 e. The molecule has 0 saturated heterocycles. The molecular weight excluding hydrogens is 214 g/mol. The monoisotopic (exact) mass is 243 g/mol. The summed E-state index contributed by atoms with van der Waals surface area (Å²) >= 11 is 0. The number of carboxylic acid groups (broad SMARTS) is 1. The zero-order valence-corrected chi connectivity index (χ0v) is 12.0. The molecule has 0 fully saturated rings. The van der Waals surface area contributed by atoms with Crippen molar-refractivity contribution in [3.8, 4) is 0 Å². The van der Waals surface area contributed by atoms with E-state index < -0.39 is 11.4 Å². The lowest BCUT2D eigenvalue weighted by molar-refractivity contribution is -0.149. The number of rotatable bonds is 9. The first-order valence-electron chi connectivity index (χ1n) is 6.82. The standard InChI is InChI=1S/C14H29NO2/c1-6-14(7-2,13(16)17)10-15-9-12(5)8-11(3)4/h11-12,15H,6-10H2,1-5H3,(H,16,17). The van der Waals surface area contributed by atoms with Gasteiger partial charge in [0.1, 0.15) is 0 Å². The van der Waals surface area contributed by atoms with Crippen molar-refractivity contribution < 1.29 is 9.90 Å². The summed E-state index contributed by atoms with van der Waals surface area (Å²) in [6.45, 7) is 12.1. The van der Waals surface area contributed by atoms with Crippen molar-refractivity contribution in [2.24, 2.45) is 17.3 Å². The van der Waals surface area contributed by atoms with Crippen molar-refractivity contribution in [3.05, 3.63) is 0 Å². The molecule has 0 spiro atoms. The van der Waals surface area contributed by atoms with Crippen LogP contribution in [0.15, 0.2) is 0 Å². The number of hydrogen-bond donors (Lipinski definition) is 2. The highest BCUT2D eigenvalue weighted by atomic mass is 16.4. The Bertz CT molecular complexity index is 222. The zero-order chi connectivity index (χ0) is 13.5. The predicted octanol–water partition coefficient (Wildman–Crippen LogP) is 3.15. The van der Waals surface area contributed by atoms with Crippen LogP contribution in [0.4, 0.5) is 0 Å². The van der Waals surface area contributed by atoms with Crippen LogP contribution in [-0.4, -0.2) is 24.2 Å². The Morgan fingerprint density at radius 3 is 2.12 bits per heavy atom. The first-order chi connectivity index (χ1) is 7.88. The third-order valence-corrected chi connectivity index (χ3v) is 3.64. The molecule has 0 aliphatic heterocycles. The number of carbonyl (C=O) groups is 1. The molecule has 0 saturated carbocycles. The Morgan fingerprint density at radius 2 is 1.76 bits per heavy atom. The minimum atomic E-state index is -0.675. The van der Waals surface area contributed by atoms with E-state index >= 15 is 0 Å². The highest BCUT2D eigenvalue weighted by Crippen LogP contribution is 2.25. The van der Waals surface area contributed by atoms with Gasteiger partial charge < -0.3 is 10.4 Å². The van der Waals surface area contributed by atoms with E-state index in [1.165, 1.54) is 6.42 Å². The fourth-order valence-electron chi connectivity index (χ4n) is 2.32. The van der Waals surface area contributed by atoms with Gasteiger partial charge >= 0.3 is 5.97 Å². The maximum atomic E-state index is 11.3. The molecule has 1 atom stereocenters. The molecule has 0 amide bonds. The Balaban J connectivity index is 4.11. The molecule has 102 valence electrons. The molecule has 17 heavy (non-hydrogen) atoms. The molecule has 0 aromatic carbocycles. The minimum Gasteiger partial charge on any atom is -0.481 e. The van der Waals surface area contributed by atoms with Crippen LogP contribution in [0, 0.1) is 17.3 Å². The second-order valence-electron chi connectivity index (χ2n) is 5.66. The molecular formula is C14H29NO2. The number of hydrogen-bond acceptors (Lipinski definition) is 2. The molecule has 1 unspecified atom stereocenters. The molecule has 2 N–H and O–H groups in total. The Labute approximate surface area is 106 Å². The first kappa shape index (κ1) is 16.4. The predicted molar refractivity (Wildman–Crippen MR) is 72.1 cm³/mol. The van der Waals surface area contributed by atoms with Gasteiger partial charge in [0.15, 0.2) is 0 Å². The lowest BCUT2D eigenvalue weighted by atomic mass is 9.82. The number of nitrogens with one attached hydrogen (secondary N) is 1. The lowest BCUT2D eigenvalue weighted by Crippen LogP contribution is -2.41. The van der Waals surface area contributed by atoms with Gasteiger partial charge in [0.25, 0.3) is 0 Å². The van der Waals surface area contributed by atoms with E-state index in [0.29, 0.717) is 31.2 Å². The third-order valence-electron chi connectivity index (χ3n) is 3.64.